The molecule has 3 aromatic heterocycles. The first kappa shape index (κ1) is 27.6. The van der Waals surface area contributed by atoms with Crippen molar-refractivity contribution < 1.29 is 43.4 Å². The number of halogens is 2. The number of pyridine rings is 1. The first-order valence-corrected chi connectivity index (χ1v) is 11.3. The summed E-state index contributed by atoms with van der Waals surface area (Å²) < 4.78 is 11.4. The maximum absolute atomic E-state index is 5.94. The van der Waals surface area contributed by atoms with Gasteiger partial charge in [-0.3, -0.25) is 9.99 Å². The highest BCUT2D eigenvalue weighted by molar-refractivity contribution is 5.99. The zero-order valence-electron chi connectivity index (χ0n) is 19.8. The van der Waals surface area contributed by atoms with Crippen LogP contribution in [0.5, 0.6) is 6.01 Å². The molecule has 1 fully saturated rings. The number of rotatable bonds is 8. The Kier molecular flexibility index (Phi) is 10.2. The number of benzene rings is 1. The van der Waals surface area contributed by atoms with Crippen LogP contribution in [0.1, 0.15) is 11.3 Å². The number of hydrogen-bond donors (Lipinski definition) is 1. The summed E-state index contributed by atoms with van der Waals surface area (Å²) in [5.74, 6) is 1.45. The van der Waals surface area contributed by atoms with Crippen molar-refractivity contribution in [3.8, 4) is 6.01 Å². The molecule has 0 bridgehead atoms. The average molecular weight is 617 g/mol. The number of morpholine rings is 1. The molecular formula is C25H27Br2N7O2-2. The lowest BCUT2D eigenvalue weighted by Crippen LogP contribution is -3.00. The summed E-state index contributed by atoms with van der Waals surface area (Å²) in [6, 6.07) is 16.3. The third-order valence-corrected chi connectivity index (χ3v) is 5.65. The van der Waals surface area contributed by atoms with Crippen LogP contribution in [0.25, 0.3) is 10.9 Å². The molecule has 11 heteroatoms. The van der Waals surface area contributed by atoms with E-state index in [1.54, 1.807) is 11.2 Å². The number of nitrogens with zero attached hydrogens (tertiary/aromatic N) is 6. The summed E-state index contributed by atoms with van der Waals surface area (Å²) in [7, 11) is 1.87. The topological polar surface area (TPSA) is 91.8 Å². The predicted octanol–water partition coefficient (Wildman–Crippen LogP) is -2.71. The zero-order chi connectivity index (χ0) is 23.2. The van der Waals surface area contributed by atoms with E-state index in [0.29, 0.717) is 38.1 Å². The fraction of sp³-hybridized carbons (Fsp3) is 0.280. The largest absolute Gasteiger partial charge is 1.00 e. The molecule has 0 aliphatic carbocycles. The van der Waals surface area contributed by atoms with Gasteiger partial charge in [0.05, 0.1) is 26.0 Å². The molecule has 0 amide bonds. The highest BCUT2D eigenvalue weighted by Gasteiger charge is 2.17. The van der Waals surface area contributed by atoms with Gasteiger partial charge in [-0.1, -0.05) is 24.3 Å². The predicted molar refractivity (Wildman–Crippen MR) is 133 cm³/mol. The number of hydrogen-bond acceptors (Lipinski definition) is 8. The van der Waals surface area contributed by atoms with Crippen LogP contribution in [0.2, 0.25) is 0 Å². The van der Waals surface area contributed by atoms with Crippen LogP contribution in [-0.2, 0) is 11.2 Å². The van der Waals surface area contributed by atoms with E-state index in [-0.39, 0.29) is 34.0 Å². The summed E-state index contributed by atoms with van der Waals surface area (Å²) in [5, 5.41) is 7.49. The standard InChI is InChI=1S/C25H27N7O2.2BrH/c1-31(28-18-19-17-27-22-8-3-2-7-21(19)22)23-16-24(32-11-14-33-15-12-32)30-25(29-23)34-13-9-20-6-4-5-10-26-20;;/h2-8,10,16-18,27H,9,11-15H2,1H3;2*1H/p-2/b28-18+;;. The van der Waals surface area contributed by atoms with Crippen molar-refractivity contribution in [3.63, 3.8) is 0 Å². The minimum atomic E-state index is 0. The smallest absolute Gasteiger partial charge is 0.320 e. The van der Waals surface area contributed by atoms with Crippen molar-refractivity contribution in [2.75, 3.05) is 49.9 Å². The molecule has 190 valence electrons. The van der Waals surface area contributed by atoms with Crippen LogP contribution >= 0.6 is 0 Å². The lowest BCUT2D eigenvalue weighted by Gasteiger charge is -2.28. The molecule has 0 atom stereocenters. The second-order valence-corrected chi connectivity index (χ2v) is 7.94. The maximum Gasteiger partial charge on any atom is 0.320 e. The Morgan fingerprint density at radius 2 is 1.92 bits per heavy atom. The number of hydrazone groups is 1. The van der Waals surface area contributed by atoms with Crippen LogP contribution in [0.3, 0.4) is 0 Å². The summed E-state index contributed by atoms with van der Waals surface area (Å²) in [5.41, 5.74) is 3.05. The Hall–Kier alpha value is -3.02. The second kappa shape index (κ2) is 13.3. The van der Waals surface area contributed by atoms with Crippen LogP contribution < -0.4 is 48.6 Å². The highest BCUT2D eigenvalue weighted by Crippen LogP contribution is 2.23. The van der Waals surface area contributed by atoms with Crippen molar-refractivity contribution in [2.24, 2.45) is 5.10 Å². The zero-order valence-corrected chi connectivity index (χ0v) is 23.0. The van der Waals surface area contributed by atoms with Crippen LogP contribution in [0.4, 0.5) is 11.6 Å². The van der Waals surface area contributed by atoms with Gasteiger partial charge in [0.2, 0.25) is 0 Å². The van der Waals surface area contributed by atoms with E-state index in [1.165, 1.54) is 0 Å². The number of aromatic amines is 1. The molecule has 4 heterocycles. The lowest BCUT2D eigenvalue weighted by atomic mass is 10.2. The van der Waals surface area contributed by atoms with E-state index in [9.17, 15) is 0 Å². The number of aromatic nitrogens is 4. The number of ether oxygens (including phenoxy) is 2. The number of anilines is 2. The molecule has 9 nitrogen and oxygen atoms in total. The number of para-hydroxylation sites is 1. The Balaban J connectivity index is 0.00000180. The van der Waals surface area contributed by atoms with E-state index in [1.807, 2.05) is 61.9 Å². The van der Waals surface area contributed by atoms with Gasteiger partial charge in [0.15, 0.2) is 5.82 Å². The van der Waals surface area contributed by atoms with Gasteiger partial charge >= 0.3 is 6.01 Å². The van der Waals surface area contributed by atoms with Gasteiger partial charge in [-0.25, -0.2) is 0 Å². The van der Waals surface area contributed by atoms with Crippen molar-refractivity contribution in [2.45, 2.75) is 6.42 Å². The van der Waals surface area contributed by atoms with Gasteiger partial charge in [0.1, 0.15) is 5.82 Å². The number of H-pyrrole nitrogens is 1. The maximum atomic E-state index is 5.94. The van der Waals surface area contributed by atoms with E-state index in [2.05, 4.69) is 36.0 Å². The Morgan fingerprint density at radius 1 is 1.11 bits per heavy atom. The van der Waals surface area contributed by atoms with Gasteiger partial charge < -0.3 is 53.3 Å². The molecule has 0 unspecified atom stereocenters. The molecular weight excluding hydrogens is 590 g/mol. The van der Waals surface area contributed by atoms with E-state index < -0.39 is 0 Å². The molecule has 4 aromatic rings. The lowest BCUT2D eigenvalue weighted by molar-refractivity contribution is -0.001000. The quantitative estimate of drug-likeness (QED) is 0.170. The van der Waals surface area contributed by atoms with Crippen molar-refractivity contribution in [1.82, 2.24) is 19.9 Å². The molecule has 1 N–H and O–H groups in total. The molecule has 1 aromatic carbocycles. The first-order chi connectivity index (χ1) is 16.8. The van der Waals surface area contributed by atoms with Gasteiger partial charge in [0.25, 0.3) is 0 Å². The molecule has 5 rings (SSSR count). The molecule has 0 radical (unpaired) electrons. The molecule has 1 aliphatic heterocycles. The Bertz CT molecular complexity index is 1260. The van der Waals surface area contributed by atoms with Gasteiger partial charge in [-0.2, -0.15) is 15.1 Å². The van der Waals surface area contributed by atoms with Gasteiger partial charge in [-0.05, 0) is 18.2 Å². The molecule has 1 saturated heterocycles. The number of fused-ring (bicyclic) bond motifs is 1. The molecule has 0 spiro atoms. The fourth-order valence-electron chi connectivity index (χ4n) is 3.79. The van der Waals surface area contributed by atoms with E-state index >= 15 is 0 Å². The second-order valence-electron chi connectivity index (χ2n) is 7.94. The third-order valence-electron chi connectivity index (χ3n) is 5.65. The van der Waals surface area contributed by atoms with Crippen LogP contribution in [0, 0.1) is 0 Å². The van der Waals surface area contributed by atoms with Crippen molar-refractivity contribution in [1.29, 1.82) is 0 Å². The Labute approximate surface area is 231 Å². The number of nitrogens with one attached hydrogen (secondary N) is 1. The monoisotopic (exact) mass is 615 g/mol. The molecule has 36 heavy (non-hydrogen) atoms. The Morgan fingerprint density at radius 3 is 2.72 bits per heavy atom. The minimum absolute atomic E-state index is 0. The fourth-order valence-corrected chi connectivity index (χ4v) is 3.79. The normalized spacial score (nSPS) is 13.3. The average Bonchev–Trinajstić information content (AvgIpc) is 3.31. The molecule has 0 saturated carbocycles. The van der Waals surface area contributed by atoms with E-state index in [4.69, 9.17) is 9.47 Å². The first-order valence-electron chi connectivity index (χ1n) is 11.3. The minimum Gasteiger partial charge on any atom is -1.00 e. The third kappa shape index (κ3) is 6.80. The summed E-state index contributed by atoms with van der Waals surface area (Å²) >= 11 is 0. The van der Waals surface area contributed by atoms with Crippen LogP contribution in [0.15, 0.2) is 66.0 Å². The van der Waals surface area contributed by atoms with Crippen molar-refractivity contribution in [3.05, 3.63) is 72.2 Å². The van der Waals surface area contributed by atoms with E-state index in [0.717, 1.165) is 41.1 Å². The van der Waals surface area contributed by atoms with Gasteiger partial charge in [0, 0.05) is 67.2 Å². The van der Waals surface area contributed by atoms with Gasteiger partial charge in [-0.15, -0.1) is 0 Å². The highest BCUT2D eigenvalue weighted by atomic mass is 79.9. The summed E-state index contributed by atoms with van der Waals surface area (Å²) in [6.07, 6.45) is 6.24. The SMILES string of the molecule is CN(/N=C/c1c[nH]c2ccccc12)c1cc(N2CCOCC2)nc(OCCc2ccccn2)n1.[Br-].[Br-]. The molecule has 1 aliphatic rings. The summed E-state index contributed by atoms with van der Waals surface area (Å²) in [4.78, 5) is 19.1. The van der Waals surface area contributed by atoms with Crippen molar-refractivity contribution >= 4 is 28.8 Å². The van der Waals surface area contributed by atoms with Crippen LogP contribution in [-0.4, -0.2) is 66.1 Å². The summed E-state index contributed by atoms with van der Waals surface area (Å²) in [6.45, 7) is 3.32.